The second-order valence-electron chi connectivity index (χ2n) is 4.53. The molecule has 0 spiro atoms. The van der Waals surface area contributed by atoms with Crippen molar-refractivity contribution in [3.05, 3.63) is 35.9 Å². The summed E-state index contributed by atoms with van der Waals surface area (Å²) in [6.07, 6.45) is 1.40. The van der Waals surface area contributed by atoms with Gasteiger partial charge in [0, 0.05) is 12.2 Å². The highest BCUT2D eigenvalue weighted by Gasteiger charge is 2.23. The number of carbonyl (C=O) groups excluding carboxylic acids is 1. The Hall–Kier alpha value is -1.24. The van der Waals surface area contributed by atoms with Crippen LogP contribution in [0.15, 0.2) is 30.3 Å². The fourth-order valence-electron chi connectivity index (χ4n) is 1.98. The Morgan fingerprint density at radius 1 is 1.32 bits per heavy atom. The van der Waals surface area contributed by atoms with Crippen molar-refractivity contribution in [2.24, 2.45) is 0 Å². The van der Waals surface area contributed by atoms with Gasteiger partial charge in [0.05, 0.1) is 18.4 Å². The first-order chi connectivity index (χ1) is 9.07. The molecule has 0 bridgehead atoms. The van der Waals surface area contributed by atoms with Gasteiger partial charge >= 0.3 is 0 Å². The number of nitrogens with one attached hydrogen (secondary N) is 1. The first kappa shape index (κ1) is 14.2. The van der Waals surface area contributed by atoms with Gasteiger partial charge in [-0.1, -0.05) is 30.3 Å². The SMILES string of the molecule is O=C(CNS(=O)(=O)CC1CCCO1)c1ccccc1. The number of rotatable bonds is 6. The molecule has 1 unspecified atom stereocenters. The lowest BCUT2D eigenvalue weighted by Gasteiger charge is -2.10. The predicted molar refractivity (Wildman–Crippen MR) is 71.5 cm³/mol. The summed E-state index contributed by atoms with van der Waals surface area (Å²) in [6.45, 7) is 0.405. The molecule has 0 aromatic heterocycles. The van der Waals surface area contributed by atoms with E-state index in [1.54, 1.807) is 30.3 Å². The van der Waals surface area contributed by atoms with Crippen molar-refractivity contribution < 1.29 is 17.9 Å². The monoisotopic (exact) mass is 283 g/mol. The predicted octanol–water partition coefficient (Wildman–Crippen LogP) is 0.968. The van der Waals surface area contributed by atoms with Gasteiger partial charge < -0.3 is 4.74 Å². The van der Waals surface area contributed by atoms with Crippen molar-refractivity contribution in [1.82, 2.24) is 4.72 Å². The van der Waals surface area contributed by atoms with E-state index in [1.807, 2.05) is 0 Å². The number of hydrogen-bond acceptors (Lipinski definition) is 4. The maximum Gasteiger partial charge on any atom is 0.214 e. The van der Waals surface area contributed by atoms with E-state index in [0.29, 0.717) is 12.2 Å². The maximum atomic E-state index is 11.8. The third-order valence-corrected chi connectivity index (χ3v) is 4.37. The molecule has 0 saturated carbocycles. The maximum absolute atomic E-state index is 11.8. The van der Waals surface area contributed by atoms with Crippen LogP contribution in [0, 0.1) is 0 Å². The van der Waals surface area contributed by atoms with E-state index in [2.05, 4.69) is 4.72 Å². The molecule has 1 saturated heterocycles. The molecule has 0 amide bonds. The number of sulfonamides is 1. The number of ether oxygens (including phenoxy) is 1. The smallest absolute Gasteiger partial charge is 0.214 e. The van der Waals surface area contributed by atoms with Crippen molar-refractivity contribution in [3.8, 4) is 0 Å². The molecule has 1 aromatic carbocycles. The van der Waals surface area contributed by atoms with Gasteiger partial charge in [0.2, 0.25) is 10.0 Å². The second-order valence-corrected chi connectivity index (χ2v) is 6.38. The summed E-state index contributed by atoms with van der Waals surface area (Å²) in [5.41, 5.74) is 0.502. The molecule has 104 valence electrons. The third kappa shape index (κ3) is 4.41. The molecule has 0 radical (unpaired) electrons. The van der Waals surface area contributed by atoms with E-state index < -0.39 is 10.0 Å². The highest BCUT2D eigenvalue weighted by Crippen LogP contribution is 2.13. The van der Waals surface area contributed by atoms with Gasteiger partial charge in [0.25, 0.3) is 0 Å². The molecule has 1 N–H and O–H groups in total. The van der Waals surface area contributed by atoms with Crippen LogP contribution in [0.4, 0.5) is 0 Å². The molecule has 1 fully saturated rings. The Morgan fingerprint density at radius 2 is 2.05 bits per heavy atom. The Bertz CT molecular complexity index is 521. The summed E-state index contributed by atoms with van der Waals surface area (Å²) in [4.78, 5) is 11.8. The summed E-state index contributed by atoms with van der Waals surface area (Å²) < 4.78 is 31.2. The van der Waals surface area contributed by atoms with Crippen LogP contribution in [0.5, 0.6) is 0 Å². The summed E-state index contributed by atoms with van der Waals surface area (Å²) in [6, 6.07) is 8.62. The van der Waals surface area contributed by atoms with E-state index in [1.165, 1.54) is 0 Å². The number of hydrogen-bond donors (Lipinski definition) is 1. The van der Waals surface area contributed by atoms with Crippen LogP contribution in [0.1, 0.15) is 23.2 Å². The molecule has 19 heavy (non-hydrogen) atoms. The van der Waals surface area contributed by atoms with Gasteiger partial charge in [0.15, 0.2) is 5.78 Å². The molecule has 2 rings (SSSR count). The second kappa shape index (κ2) is 6.27. The van der Waals surface area contributed by atoms with E-state index in [0.717, 1.165) is 12.8 Å². The zero-order valence-electron chi connectivity index (χ0n) is 10.5. The Kier molecular flexibility index (Phi) is 4.68. The summed E-state index contributed by atoms with van der Waals surface area (Å²) in [5, 5.41) is 0. The van der Waals surface area contributed by atoms with Crippen LogP contribution >= 0.6 is 0 Å². The summed E-state index contributed by atoms with van der Waals surface area (Å²) in [7, 11) is -3.46. The van der Waals surface area contributed by atoms with Crippen LogP contribution < -0.4 is 4.72 Å². The van der Waals surface area contributed by atoms with Crippen LogP contribution in [0.25, 0.3) is 0 Å². The Balaban J connectivity index is 1.85. The fraction of sp³-hybridized carbons (Fsp3) is 0.462. The van der Waals surface area contributed by atoms with Gasteiger partial charge in [-0.2, -0.15) is 0 Å². The summed E-state index contributed by atoms with van der Waals surface area (Å²) in [5.74, 6) is -0.314. The Labute approximate surface area is 113 Å². The molecule has 1 aliphatic rings. The van der Waals surface area contributed by atoms with Crippen molar-refractivity contribution in [2.75, 3.05) is 18.9 Å². The third-order valence-electron chi connectivity index (χ3n) is 2.98. The van der Waals surface area contributed by atoms with Crippen LogP contribution in [0.3, 0.4) is 0 Å². The van der Waals surface area contributed by atoms with Crippen molar-refractivity contribution in [1.29, 1.82) is 0 Å². The minimum Gasteiger partial charge on any atom is -0.377 e. The molecule has 1 heterocycles. The van der Waals surface area contributed by atoms with E-state index in [9.17, 15) is 13.2 Å². The molecular weight excluding hydrogens is 266 g/mol. The Morgan fingerprint density at radius 3 is 2.68 bits per heavy atom. The van der Waals surface area contributed by atoms with Gasteiger partial charge in [-0.05, 0) is 12.8 Å². The highest BCUT2D eigenvalue weighted by molar-refractivity contribution is 7.89. The van der Waals surface area contributed by atoms with Gasteiger partial charge in [-0.3, -0.25) is 4.79 Å². The minimum atomic E-state index is -3.46. The normalized spacial score (nSPS) is 19.5. The molecule has 1 aliphatic heterocycles. The number of ketones is 1. The van der Waals surface area contributed by atoms with Crippen molar-refractivity contribution in [3.63, 3.8) is 0 Å². The lowest BCUT2D eigenvalue weighted by Crippen LogP contribution is -2.35. The van der Waals surface area contributed by atoms with Gasteiger partial charge in [-0.25, -0.2) is 13.1 Å². The molecule has 6 heteroatoms. The first-order valence-corrected chi connectivity index (χ1v) is 7.89. The van der Waals surface area contributed by atoms with Crippen LogP contribution in [-0.4, -0.2) is 39.2 Å². The fourth-order valence-corrected chi connectivity index (χ4v) is 3.20. The first-order valence-electron chi connectivity index (χ1n) is 6.24. The number of Topliss-reactive ketones (excluding diaryl/α,β-unsaturated/α-hetero) is 1. The molecule has 0 aliphatic carbocycles. The van der Waals surface area contributed by atoms with Gasteiger partial charge in [0.1, 0.15) is 0 Å². The van der Waals surface area contributed by atoms with Crippen molar-refractivity contribution in [2.45, 2.75) is 18.9 Å². The molecule has 5 nitrogen and oxygen atoms in total. The summed E-state index contributed by atoms with van der Waals surface area (Å²) >= 11 is 0. The average Bonchev–Trinajstić information content (AvgIpc) is 2.89. The van der Waals surface area contributed by atoms with Crippen LogP contribution in [-0.2, 0) is 14.8 Å². The largest absolute Gasteiger partial charge is 0.377 e. The lowest BCUT2D eigenvalue weighted by atomic mass is 10.1. The zero-order valence-corrected chi connectivity index (χ0v) is 11.4. The molecule has 1 atom stereocenters. The topological polar surface area (TPSA) is 72.5 Å². The highest BCUT2D eigenvalue weighted by atomic mass is 32.2. The van der Waals surface area contributed by atoms with Crippen molar-refractivity contribution >= 4 is 15.8 Å². The van der Waals surface area contributed by atoms with E-state index in [-0.39, 0.29) is 24.2 Å². The quantitative estimate of drug-likeness (QED) is 0.790. The van der Waals surface area contributed by atoms with E-state index in [4.69, 9.17) is 4.74 Å². The lowest BCUT2D eigenvalue weighted by molar-refractivity contribution is 0.0996. The average molecular weight is 283 g/mol. The standard InChI is InChI=1S/C13H17NO4S/c15-13(11-5-2-1-3-6-11)9-14-19(16,17)10-12-7-4-8-18-12/h1-3,5-6,12,14H,4,7-10H2. The molecular formula is C13H17NO4S. The van der Waals surface area contributed by atoms with E-state index >= 15 is 0 Å². The van der Waals surface area contributed by atoms with Gasteiger partial charge in [-0.15, -0.1) is 0 Å². The molecule has 1 aromatic rings. The number of carbonyl (C=O) groups is 1. The number of benzene rings is 1. The zero-order chi connectivity index (χ0) is 13.7. The van der Waals surface area contributed by atoms with Crippen LogP contribution in [0.2, 0.25) is 0 Å². The minimum absolute atomic E-state index is 0.0743.